The minimum absolute atomic E-state index is 0.229. The van der Waals surface area contributed by atoms with Crippen LogP contribution < -0.4 is 10.0 Å². The zero-order valence-electron chi connectivity index (χ0n) is 16.4. The van der Waals surface area contributed by atoms with Gasteiger partial charge in [0.25, 0.3) is 0 Å². The molecule has 0 aliphatic heterocycles. The van der Waals surface area contributed by atoms with Gasteiger partial charge in [-0.1, -0.05) is 25.4 Å². The molecule has 2 aromatic carbocycles. The van der Waals surface area contributed by atoms with E-state index in [-0.39, 0.29) is 4.90 Å². The van der Waals surface area contributed by atoms with E-state index in [2.05, 4.69) is 39.0 Å². The smallest absolute Gasteiger partial charge is 0.240 e. The lowest BCUT2D eigenvalue weighted by Crippen LogP contribution is -2.34. The molecule has 0 aliphatic carbocycles. The van der Waals surface area contributed by atoms with Crippen molar-refractivity contribution in [3.63, 3.8) is 0 Å². The summed E-state index contributed by atoms with van der Waals surface area (Å²) in [6, 6.07) is 12.0. The maximum atomic E-state index is 12.5. The van der Waals surface area contributed by atoms with Crippen LogP contribution >= 0.6 is 11.6 Å². The molecule has 0 aliphatic rings. The van der Waals surface area contributed by atoms with Crippen molar-refractivity contribution in [1.82, 2.24) is 19.8 Å². The molecule has 29 heavy (non-hydrogen) atoms. The van der Waals surface area contributed by atoms with Gasteiger partial charge in [0.1, 0.15) is 0 Å². The number of sulfonamides is 1. The first kappa shape index (κ1) is 21.4. The third-order valence-corrected chi connectivity index (χ3v) is 6.37. The molecule has 1 aromatic heterocycles. The summed E-state index contributed by atoms with van der Waals surface area (Å²) < 4.78 is 27.6. The molecule has 0 saturated carbocycles. The molecule has 0 spiro atoms. The summed E-state index contributed by atoms with van der Waals surface area (Å²) >= 11 is 6.01. The number of nitrogens with one attached hydrogen (secondary N) is 2. The van der Waals surface area contributed by atoms with E-state index in [1.54, 1.807) is 42.6 Å². The second kappa shape index (κ2) is 9.49. The van der Waals surface area contributed by atoms with Crippen LogP contribution in [0.5, 0.6) is 0 Å². The zero-order valence-corrected chi connectivity index (χ0v) is 18.0. The largest absolute Gasteiger partial charge is 0.354 e. The summed E-state index contributed by atoms with van der Waals surface area (Å²) in [6.07, 6.45) is 1.62. The number of fused-ring (bicyclic) bond motifs is 1. The van der Waals surface area contributed by atoms with Crippen molar-refractivity contribution in [2.45, 2.75) is 18.7 Å². The Kier molecular flexibility index (Phi) is 7.02. The van der Waals surface area contributed by atoms with Gasteiger partial charge < -0.3 is 10.2 Å². The first-order valence-electron chi connectivity index (χ1n) is 9.43. The van der Waals surface area contributed by atoms with E-state index in [1.807, 2.05) is 6.07 Å². The van der Waals surface area contributed by atoms with Crippen molar-refractivity contribution < 1.29 is 8.42 Å². The second-order valence-corrected chi connectivity index (χ2v) is 8.70. The Hall–Kier alpha value is -2.26. The summed E-state index contributed by atoms with van der Waals surface area (Å²) in [7, 11) is -3.54. The van der Waals surface area contributed by atoms with Gasteiger partial charge in [-0.2, -0.15) is 10.2 Å². The minimum atomic E-state index is -3.54. The Bertz CT molecular complexity index is 1070. The van der Waals surface area contributed by atoms with Crippen LogP contribution in [0.1, 0.15) is 13.8 Å². The van der Waals surface area contributed by atoms with Crippen LogP contribution in [0, 0.1) is 0 Å². The molecule has 0 atom stereocenters. The molecule has 0 radical (unpaired) electrons. The van der Waals surface area contributed by atoms with E-state index in [4.69, 9.17) is 11.6 Å². The molecule has 0 unspecified atom stereocenters. The van der Waals surface area contributed by atoms with Crippen molar-refractivity contribution in [2.75, 3.05) is 31.5 Å². The molecule has 0 saturated heterocycles. The number of hydrogen-bond acceptors (Lipinski definition) is 6. The lowest BCUT2D eigenvalue weighted by Gasteiger charge is -2.18. The normalized spacial score (nSPS) is 11.9. The maximum Gasteiger partial charge on any atom is 0.240 e. The Morgan fingerprint density at radius 3 is 2.48 bits per heavy atom. The summed E-state index contributed by atoms with van der Waals surface area (Å²) in [5.74, 6) is 0. The van der Waals surface area contributed by atoms with Crippen LogP contribution in [-0.2, 0) is 10.0 Å². The summed E-state index contributed by atoms with van der Waals surface area (Å²) in [5.41, 5.74) is 2.19. The topological polar surface area (TPSA) is 87.2 Å². The molecule has 0 amide bonds. The van der Waals surface area contributed by atoms with Gasteiger partial charge in [0.15, 0.2) is 0 Å². The van der Waals surface area contributed by atoms with E-state index in [1.165, 1.54) is 0 Å². The highest BCUT2D eigenvalue weighted by atomic mass is 35.5. The van der Waals surface area contributed by atoms with E-state index in [9.17, 15) is 8.42 Å². The summed E-state index contributed by atoms with van der Waals surface area (Å²) in [4.78, 5) is 2.39. The van der Waals surface area contributed by atoms with Crippen molar-refractivity contribution in [3.05, 3.63) is 53.7 Å². The van der Waals surface area contributed by atoms with Gasteiger partial charge >= 0.3 is 0 Å². The van der Waals surface area contributed by atoms with Crippen molar-refractivity contribution in [2.24, 2.45) is 0 Å². The fraction of sp³-hybridized carbons (Fsp3) is 0.300. The van der Waals surface area contributed by atoms with E-state index < -0.39 is 10.0 Å². The number of rotatable bonds is 9. The number of hydrogen-bond donors (Lipinski definition) is 2. The van der Waals surface area contributed by atoms with Crippen molar-refractivity contribution in [1.29, 1.82) is 0 Å². The summed E-state index contributed by atoms with van der Waals surface area (Å²) in [5, 5.41) is 12.8. The van der Waals surface area contributed by atoms with Gasteiger partial charge in [0.2, 0.25) is 10.0 Å². The number of halogens is 1. The molecule has 0 bridgehead atoms. The Labute approximate surface area is 176 Å². The maximum absolute atomic E-state index is 12.5. The van der Waals surface area contributed by atoms with Gasteiger partial charge in [0.05, 0.1) is 22.3 Å². The number of anilines is 2. The second-order valence-electron chi connectivity index (χ2n) is 6.49. The lowest BCUT2D eigenvalue weighted by atomic mass is 10.2. The fourth-order valence-electron chi connectivity index (χ4n) is 2.97. The standard InChI is InChI=1S/C20H24ClN5O2S/c1-3-26(4-2)12-11-23-29(27,28)17-8-6-16(7-9-17)24-20-14-22-25-19-13-15(21)5-10-18(19)20/h5-10,13-14,23H,3-4,11-12H2,1-2H3,(H,24,25). The van der Waals surface area contributed by atoms with E-state index >= 15 is 0 Å². The number of likely N-dealkylation sites (N-methyl/N-ethyl adjacent to an activating group) is 1. The van der Waals surface area contributed by atoms with Gasteiger partial charge in [-0.25, -0.2) is 13.1 Å². The van der Waals surface area contributed by atoms with Crippen LogP contribution in [0.4, 0.5) is 11.4 Å². The molecule has 7 nitrogen and oxygen atoms in total. The van der Waals surface area contributed by atoms with Gasteiger partial charge in [-0.15, -0.1) is 0 Å². The number of benzene rings is 2. The molecular weight excluding hydrogens is 410 g/mol. The monoisotopic (exact) mass is 433 g/mol. The third kappa shape index (κ3) is 5.42. The van der Waals surface area contributed by atoms with Crippen LogP contribution in [0.15, 0.2) is 53.6 Å². The first-order chi connectivity index (χ1) is 13.9. The predicted octanol–water partition coefficient (Wildman–Crippen LogP) is 3.65. The van der Waals surface area contributed by atoms with Crippen LogP contribution in [0.3, 0.4) is 0 Å². The Balaban J connectivity index is 1.70. The van der Waals surface area contributed by atoms with E-state index in [0.717, 1.165) is 29.9 Å². The predicted molar refractivity (Wildman–Crippen MR) is 117 cm³/mol. The minimum Gasteiger partial charge on any atom is -0.354 e. The van der Waals surface area contributed by atoms with E-state index in [0.29, 0.717) is 23.6 Å². The highest BCUT2D eigenvalue weighted by molar-refractivity contribution is 7.89. The van der Waals surface area contributed by atoms with Crippen molar-refractivity contribution >= 4 is 43.9 Å². The lowest BCUT2D eigenvalue weighted by molar-refractivity contribution is 0.309. The Morgan fingerprint density at radius 2 is 1.79 bits per heavy atom. The first-order valence-corrected chi connectivity index (χ1v) is 11.3. The number of nitrogens with zero attached hydrogens (tertiary/aromatic N) is 3. The highest BCUT2D eigenvalue weighted by Gasteiger charge is 2.14. The van der Waals surface area contributed by atoms with Gasteiger partial charge in [0, 0.05) is 29.2 Å². The number of aromatic nitrogens is 2. The van der Waals surface area contributed by atoms with Gasteiger partial charge in [-0.3, -0.25) is 0 Å². The molecule has 154 valence electrons. The molecule has 0 fully saturated rings. The Morgan fingerprint density at radius 1 is 1.07 bits per heavy atom. The van der Waals surface area contributed by atoms with Crippen LogP contribution in [-0.4, -0.2) is 49.7 Å². The third-order valence-electron chi connectivity index (χ3n) is 4.66. The molecule has 3 aromatic rings. The van der Waals surface area contributed by atoms with Crippen molar-refractivity contribution in [3.8, 4) is 0 Å². The molecule has 9 heteroatoms. The molecule has 1 heterocycles. The molecule has 3 rings (SSSR count). The van der Waals surface area contributed by atoms with Crippen LogP contribution in [0.25, 0.3) is 10.9 Å². The average molecular weight is 434 g/mol. The van der Waals surface area contributed by atoms with Crippen LogP contribution in [0.2, 0.25) is 5.02 Å². The fourth-order valence-corrected chi connectivity index (χ4v) is 4.15. The van der Waals surface area contributed by atoms with Gasteiger partial charge in [-0.05, 0) is 55.6 Å². The zero-order chi connectivity index (χ0) is 20.9. The summed E-state index contributed by atoms with van der Waals surface area (Å²) in [6.45, 7) is 6.95. The molecular formula is C20H24ClN5O2S. The molecule has 2 N–H and O–H groups in total. The quantitative estimate of drug-likeness (QED) is 0.535. The SMILES string of the molecule is CCN(CC)CCNS(=O)(=O)c1ccc(Nc2cnnc3cc(Cl)ccc23)cc1. The highest BCUT2D eigenvalue weighted by Crippen LogP contribution is 2.26. The average Bonchev–Trinajstić information content (AvgIpc) is 2.71.